The first kappa shape index (κ1) is 17.3. The number of anilines is 1. The third-order valence-corrected chi connectivity index (χ3v) is 4.54. The standard InChI is InChI=1S/C18H22FN5O/c1-2-14-15(19)18(22-12-21-14)24-10-8-23(9-11-24)16(17(20)25)13-6-4-3-5-7-13/h3-7,12,16H,2,8-11H2,1H3,(H2,20,25)/t16-/m1/s1. The largest absolute Gasteiger partial charge is 0.368 e. The second-order valence-corrected chi connectivity index (χ2v) is 6.05. The van der Waals surface area contributed by atoms with Gasteiger partial charge in [0.1, 0.15) is 12.4 Å². The van der Waals surface area contributed by atoms with Gasteiger partial charge in [-0.15, -0.1) is 0 Å². The van der Waals surface area contributed by atoms with E-state index in [0.29, 0.717) is 44.1 Å². The van der Waals surface area contributed by atoms with Crippen LogP contribution in [0, 0.1) is 5.82 Å². The molecule has 1 atom stereocenters. The average Bonchev–Trinajstić information content (AvgIpc) is 2.63. The fourth-order valence-corrected chi connectivity index (χ4v) is 3.24. The maximum atomic E-state index is 14.5. The molecule has 1 fully saturated rings. The second kappa shape index (κ2) is 7.57. The van der Waals surface area contributed by atoms with Crippen LogP contribution < -0.4 is 10.6 Å². The van der Waals surface area contributed by atoms with E-state index in [4.69, 9.17) is 5.73 Å². The van der Waals surface area contributed by atoms with Crippen molar-refractivity contribution in [3.63, 3.8) is 0 Å². The molecule has 1 saturated heterocycles. The third kappa shape index (κ3) is 3.61. The molecule has 2 N–H and O–H groups in total. The van der Waals surface area contributed by atoms with Gasteiger partial charge in [-0.3, -0.25) is 9.69 Å². The van der Waals surface area contributed by atoms with Crippen LogP contribution in [0.15, 0.2) is 36.7 Å². The van der Waals surface area contributed by atoms with Crippen LogP contribution in [0.3, 0.4) is 0 Å². The fraction of sp³-hybridized carbons (Fsp3) is 0.389. The van der Waals surface area contributed by atoms with Crippen molar-refractivity contribution in [1.29, 1.82) is 0 Å². The number of nitrogens with two attached hydrogens (primary N) is 1. The molecule has 3 rings (SSSR count). The molecular weight excluding hydrogens is 321 g/mol. The quantitative estimate of drug-likeness (QED) is 0.891. The molecule has 0 radical (unpaired) electrons. The number of carbonyl (C=O) groups is 1. The summed E-state index contributed by atoms with van der Waals surface area (Å²) in [5.41, 5.74) is 6.93. The Morgan fingerprint density at radius 2 is 1.88 bits per heavy atom. The summed E-state index contributed by atoms with van der Waals surface area (Å²) < 4.78 is 14.5. The lowest BCUT2D eigenvalue weighted by atomic mass is 10.0. The summed E-state index contributed by atoms with van der Waals surface area (Å²) in [6.45, 7) is 4.23. The molecule has 25 heavy (non-hydrogen) atoms. The van der Waals surface area contributed by atoms with Crippen molar-refractivity contribution in [2.45, 2.75) is 19.4 Å². The van der Waals surface area contributed by atoms with E-state index in [1.165, 1.54) is 6.33 Å². The number of nitrogens with zero attached hydrogens (tertiary/aromatic N) is 4. The molecule has 0 bridgehead atoms. The van der Waals surface area contributed by atoms with E-state index >= 15 is 0 Å². The lowest BCUT2D eigenvalue weighted by Gasteiger charge is -2.38. The monoisotopic (exact) mass is 343 g/mol. The maximum Gasteiger partial charge on any atom is 0.239 e. The Hall–Kier alpha value is -2.54. The predicted octanol–water partition coefficient (Wildman–Crippen LogP) is 1.53. The van der Waals surface area contributed by atoms with Gasteiger partial charge in [-0.1, -0.05) is 37.3 Å². The SMILES string of the molecule is CCc1ncnc(N2CCN([C@@H](C(N)=O)c3ccccc3)CC2)c1F. The molecule has 6 nitrogen and oxygen atoms in total. The fourth-order valence-electron chi connectivity index (χ4n) is 3.24. The number of benzene rings is 1. The topological polar surface area (TPSA) is 75.3 Å². The Bertz CT molecular complexity index is 732. The molecule has 7 heteroatoms. The number of carbonyl (C=O) groups excluding carboxylic acids is 1. The van der Waals surface area contributed by atoms with E-state index in [-0.39, 0.29) is 11.7 Å². The van der Waals surface area contributed by atoms with Gasteiger partial charge < -0.3 is 10.6 Å². The van der Waals surface area contributed by atoms with E-state index < -0.39 is 6.04 Å². The molecule has 132 valence electrons. The molecule has 1 aromatic heterocycles. The first-order chi connectivity index (χ1) is 12.1. The van der Waals surface area contributed by atoms with E-state index in [1.54, 1.807) is 0 Å². The Kier molecular flexibility index (Phi) is 5.23. The van der Waals surface area contributed by atoms with Crippen LogP contribution >= 0.6 is 0 Å². The number of aromatic nitrogens is 2. The van der Waals surface area contributed by atoms with E-state index in [9.17, 15) is 9.18 Å². The number of amides is 1. The Balaban J connectivity index is 1.74. The summed E-state index contributed by atoms with van der Waals surface area (Å²) in [6.07, 6.45) is 1.93. The molecule has 0 spiro atoms. The molecule has 1 amide bonds. The number of halogens is 1. The van der Waals surface area contributed by atoms with E-state index in [0.717, 1.165) is 5.56 Å². The predicted molar refractivity (Wildman–Crippen MR) is 93.5 cm³/mol. The van der Waals surface area contributed by atoms with Crippen molar-refractivity contribution >= 4 is 11.7 Å². The number of aryl methyl sites for hydroxylation is 1. The molecule has 1 aromatic carbocycles. The highest BCUT2D eigenvalue weighted by Crippen LogP contribution is 2.25. The summed E-state index contributed by atoms with van der Waals surface area (Å²) in [4.78, 5) is 24.0. The van der Waals surface area contributed by atoms with Gasteiger partial charge in [0.05, 0.1) is 5.69 Å². The van der Waals surface area contributed by atoms with Crippen molar-refractivity contribution in [1.82, 2.24) is 14.9 Å². The number of hydrogen-bond donors (Lipinski definition) is 1. The van der Waals surface area contributed by atoms with Gasteiger partial charge in [0, 0.05) is 26.2 Å². The normalized spacial score (nSPS) is 16.6. The zero-order valence-electron chi connectivity index (χ0n) is 14.2. The highest BCUT2D eigenvalue weighted by atomic mass is 19.1. The van der Waals surface area contributed by atoms with Gasteiger partial charge in [0.25, 0.3) is 0 Å². The van der Waals surface area contributed by atoms with Crippen molar-refractivity contribution in [3.05, 3.63) is 53.7 Å². The van der Waals surface area contributed by atoms with Crippen LogP contribution in [0.4, 0.5) is 10.2 Å². The Labute approximate surface area is 146 Å². The number of primary amides is 1. The smallest absolute Gasteiger partial charge is 0.239 e. The van der Waals surface area contributed by atoms with Crippen LogP contribution in [-0.4, -0.2) is 47.0 Å². The summed E-state index contributed by atoms with van der Waals surface area (Å²) in [5.74, 6) is -0.393. The maximum absolute atomic E-state index is 14.5. The molecule has 0 aliphatic carbocycles. The van der Waals surface area contributed by atoms with E-state index in [2.05, 4.69) is 9.97 Å². The van der Waals surface area contributed by atoms with Crippen LogP contribution in [-0.2, 0) is 11.2 Å². The van der Waals surface area contributed by atoms with Crippen LogP contribution in [0.25, 0.3) is 0 Å². The minimum atomic E-state index is -0.468. The molecule has 1 aliphatic heterocycles. The third-order valence-electron chi connectivity index (χ3n) is 4.54. The number of hydrogen-bond acceptors (Lipinski definition) is 5. The Morgan fingerprint density at radius 3 is 2.48 bits per heavy atom. The van der Waals surface area contributed by atoms with Crippen LogP contribution in [0.1, 0.15) is 24.2 Å². The van der Waals surface area contributed by atoms with Gasteiger partial charge >= 0.3 is 0 Å². The molecule has 0 saturated carbocycles. The van der Waals surface area contributed by atoms with E-state index in [1.807, 2.05) is 47.1 Å². The lowest BCUT2D eigenvalue weighted by Crippen LogP contribution is -2.50. The first-order valence-corrected chi connectivity index (χ1v) is 8.44. The van der Waals surface area contributed by atoms with Gasteiger partial charge in [-0.25, -0.2) is 14.4 Å². The van der Waals surface area contributed by atoms with Crippen molar-refractivity contribution in [3.8, 4) is 0 Å². The molecule has 2 heterocycles. The van der Waals surface area contributed by atoms with Crippen LogP contribution in [0.5, 0.6) is 0 Å². The van der Waals surface area contributed by atoms with Gasteiger partial charge in [-0.2, -0.15) is 0 Å². The molecular formula is C18H22FN5O. The average molecular weight is 343 g/mol. The zero-order chi connectivity index (χ0) is 17.8. The molecule has 0 unspecified atom stereocenters. The van der Waals surface area contributed by atoms with Crippen molar-refractivity contribution < 1.29 is 9.18 Å². The number of rotatable bonds is 5. The van der Waals surface area contributed by atoms with Gasteiger partial charge in [0.15, 0.2) is 11.6 Å². The molecule has 2 aromatic rings. The second-order valence-electron chi connectivity index (χ2n) is 6.05. The first-order valence-electron chi connectivity index (χ1n) is 8.44. The minimum absolute atomic E-state index is 0.335. The van der Waals surface area contributed by atoms with Gasteiger partial charge in [0.2, 0.25) is 5.91 Å². The zero-order valence-corrected chi connectivity index (χ0v) is 14.2. The summed E-state index contributed by atoms with van der Waals surface area (Å²) in [7, 11) is 0. The molecule has 1 aliphatic rings. The Morgan fingerprint density at radius 1 is 1.20 bits per heavy atom. The highest BCUT2D eigenvalue weighted by molar-refractivity contribution is 5.81. The summed E-state index contributed by atoms with van der Waals surface area (Å²) in [6, 6.07) is 9.03. The van der Waals surface area contributed by atoms with Gasteiger partial charge in [-0.05, 0) is 12.0 Å². The van der Waals surface area contributed by atoms with Crippen molar-refractivity contribution in [2.24, 2.45) is 5.73 Å². The van der Waals surface area contributed by atoms with Crippen LogP contribution in [0.2, 0.25) is 0 Å². The number of piperazine rings is 1. The highest BCUT2D eigenvalue weighted by Gasteiger charge is 2.30. The van der Waals surface area contributed by atoms with Crippen molar-refractivity contribution in [2.75, 3.05) is 31.1 Å². The summed E-state index contributed by atoms with van der Waals surface area (Å²) in [5, 5.41) is 0. The minimum Gasteiger partial charge on any atom is -0.368 e. The summed E-state index contributed by atoms with van der Waals surface area (Å²) >= 11 is 0. The lowest BCUT2D eigenvalue weighted by molar-refractivity contribution is -0.123.